The fraction of sp³-hybridized carbons (Fsp3) is 0.933. The van der Waals surface area contributed by atoms with Crippen LogP contribution >= 0.6 is 0 Å². The Morgan fingerprint density at radius 3 is 2.06 bits per heavy atom. The Morgan fingerprint density at radius 1 is 1.11 bits per heavy atom. The molecule has 0 aromatic carbocycles. The van der Waals surface area contributed by atoms with Crippen LogP contribution < -0.4 is 0 Å². The van der Waals surface area contributed by atoms with Gasteiger partial charge in [0.05, 0.1) is 0 Å². The lowest BCUT2D eigenvalue weighted by atomic mass is 9.80. The number of carbonyl (C=O) groups is 1. The molecule has 0 saturated carbocycles. The van der Waals surface area contributed by atoms with Crippen molar-refractivity contribution in [2.24, 2.45) is 5.41 Å². The Kier molecular flexibility index (Phi) is 3.05. The maximum absolute atomic E-state index is 11.8. The van der Waals surface area contributed by atoms with E-state index in [1.807, 2.05) is 0 Å². The van der Waals surface area contributed by atoms with Crippen LogP contribution in [0.25, 0.3) is 0 Å². The molecule has 2 aliphatic rings. The van der Waals surface area contributed by atoms with Crippen molar-refractivity contribution in [2.45, 2.75) is 78.6 Å². The van der Waals surface area contributed by atoms with E-state index in [0.717, 1.165) is 13.0 Å². The van der Waals surface area contributed by atoms with Gasteiger partial charge in [0.15, 0.2) is 0 Å². The van der Waals surface area contributed by atoms with Crippen LogP contribution in [0.5, 0.6) is 0 Å². The van der Waals surface area contributed by atoms with Crippen molar-refractivity contribution in [3.63, 3.8) is 0 Å². The second-order valence-corrected chi connectivity index (χ2v) is 8.02. The molecule has 1 amide bonds. The molecule has 2 heterocycles. The minimum atomic E-state index is 0.181. The maximum atomic E-state index is 11.8. The number of piperazine rings is 1. The molecule has 3 unspecified atom stereocenters. The monoisotopic (exact) mass is 252 g/mol. The zero-order valence-corrected chi connectivity index (χ0v) is 12.9. The first-order chi connectivity index (χ1) is 8.03. The molecule has 2 bridgehead atoms. The van der Waals surface area contributed by atoms with E-state index in [1.54, 1.807) is 6.92 Å². The van der Waals surface area contributed by atoms with Gasteiger partial charge in [-0.15, -0.1) is 0 Å². The minimum Gasteiger partial charge on any atom is -0.337 e. The average molecular weight is 252 g/mol. The highest BCUT2D eigenvalue weighted by Gasteiger charge is 2.57. The van der Waals surface area contributed by atoms with Gasteiger partial charge < -0.3 is 4.90 Å². The fourth-order valence-corrected chi connectivity index (χ4v) is 4.08. The second-order valence-electron chi connectivity index (χ2n) is 8.02. The number of likely N-dealkylation sites (tertiary alicyclic amines) is 2. The highest BCUT2D eigenvalue weighted by Crippen LogP contribution is 2.46. The zero-order valence-electron chi connectivity index (χ0n) is 12.9. The molecule has 18 heavy (non-hydrogen) atoms. The lowest BCUT2D eigenvalue weighted by Crippen LogP contribution is -2.63. The quantitative estimate of drug-likeness (QED) is 0.661. The smallest absolute Gasteiger partial charge is 0.219 e. The van der Waals surface area contributed by atoms with Crippen LogP contribution in [0.4, 0.5) is 0 Å². The third kappa shape index (κ3) is 2.07. The molecular formula is C15H28N2O. The van der Waals surface area contributed by atoms with Gasteiger partial charge in [-0.25, -0.2) is 0 Å². The third-order valence-corrected chi connectivity index (χ3v) is 4.45. The van der Waals surface area contributed by atoms with Gasteiger partial charge in [-0.1, -0.05) is 20.8 Å². The van der Waals surface area contributed by atoms with Crippen molar-refractivity contribution in [3.05, 3.63) is 0 Å². The van der Waals surface area contributed by atoms with E-state index < -0.39 is 0 Å². The zero-order chi connectivity index (χ0) is 13.9. The molecule has 2 aliphatic heterocycles. The predicted molar refractivity (Wildman–Crippen MR) is 74.4 cm³/mol. The highest BCUT2D eigenvalue weighted by atomic mass is 16.2. The summed E-state index contributed by atoms with van der Waals surface area (Å²) in [5.41, 5.74) is 0.390. The van der Waals surface area contributed by atoms with Crippen molar-refractivity contribution in [3.8, 4) is 0 Å². The van der Waals surface area contributed by atoms with Gasteiger partial charge in [-0.2, -0.15) is 0 Å². The number of fused-ring (bicyclic) bond motifs is 2. The van der Waals surface area contributed by atoms with Crippen LogP contribution in [0.15, 0.2) is 0 Å². The van der Waals surface area contributed by atoms with Gasteiger partial charge in [0.1, 0.15) is 0 Å². The Labute approximate surface area is 112 Å². The topological polar surface area (TPSA) is 23.6 Å². The number of carbonyl (C=O) groups excluding carboxylic acids is 1. The summed E-state index contributed by atoms with van der Waals surface area (Å²) in [6.45, 7) is 16.4. The Morgan fingerprint density at radius 2 is 1.67 bits per heavy atom. The van der Waals surface area contributed by atoms with E-state index in [1.165, 1.54) is 0 Å². The van der Waals surface area contributed by atoms with E-state index in [9.17, 15) is 4.79 Å². The summed E-state index contributed by atoms with van der Waals surface area (Å²) >= 11 is 0. The van der Waals surface area contributed by atoms with Gasteiger partial charge in [0.2, 0.25) is 5.91 Å². The maximum Gasteiger partial charge on any atom is 0.219 e. The molecule has 104 valence electrons. The first-order valence-corrected chi connectivity index (χ1v) is 7.09. The molecule has 0 spiro atoms. The van der Waals surface area contributed by atoms with Crippen LogP contribution in [0.1, 0.15) is 54.9 Å². The van der Waals surface area contributed by atoms with Crippen LogP contribution in [-0.4, -0.2) is 45.9 Å². The molecule has 0 aliphatic carbocycles. The number of amides is 1. The van der Waals surface area contributed by atoms with E-state index in [2.05, 4.69) is 51.3 Å². The summed E-state index contributed by atoms with van der Waals surface area (Å²) in [5.74, 6) is 0.241. The molecule has 0 N–H and O–H groups in total. The van der Waals surface area contributed by atoms with Crippen LogP contribution in [-0.2, 0) is 4.79 Å². The number of nitrogens with zero attached hydrogens (tertiary/aromatic N) is 2. The normalized spacial score (nSPS) is 33.3. The van der Waals surface area contributed by atoms with Crippen LogP contribution in [0, 0.1) is 5.41 Å². The molecule has 0 radical (unpaired) electrons. The van der Waals surface area contributed by atoms with Gasteiger partial charge in [-0.3, -0.25) is 9.69 Å². The van der Waals surface area contributed by atoms with Gasteiger partial charge >= 0.3 is 0 Å². The van der Waals surface area contributed by atoms with Crippen molar-refractivity contribution in [2.75, 3.05) is 6.54 Å². The SMILES string of the molecule is CC(=O)N1CC2CC1C(C(C)(C)C)N2C(C)(C)C. The fourth-order valence-electron chi connectivity index (χ4n) is 4.08. The first kappa shape index (κ1) is 13.9. The second kappa shape index (κ2) is 3.96. The van der Waals surface area contributed by atoms with E-state index in [4.69, 9.17) is 0 Å². The molecule has 3 nitrogen and oxygen atoms in total. The lowest BCUT2D eigenvalue weighted by molar-refractivity contribution is -0.136. The van der Waals surface area contributed by atoms with Crippen LogP contribution in [0.2, 0.25) is 0 Å². The van der Waals surface area contributed by atoms with E-state index >= 15 is 0 Å². The van der Waals surface area contributed by atoms with Crippen molar-refractivity contribution in [1.29, 1.82) is 0 Å². The number of hydrogen-bond donors (Lipinski definition) is 0. The third-order valence-electron chi connectivity index (χ3n) is 4.45. The van der Waals surface area contributed by atoms with Gasteiger partial charge in [0.25, 0.3) is 0 Å². The Bertz CT molecular complexity index is 350. The van der Waals surface area contributed by atoms with Gasteiger partial charge in [0, 0.05) is 37.1 Å². The standard InChI is InChI=1S/C15H28N2O/c1-10(18)16-9-11-8-12(16)13(14(2,3)4)17(11)15(5,6)7/h11-13H,8-9H2,1-7H3. The summed E-state index contributed by atoms with van der Waals surface area (Å²) in [5, 5.41) is 0. The largest absolute Gasteiger partial charge is 0.337 e. The molecular weight excluding hydrogens is 224 g/mol. The molecule has 0 aromatic rings. The summed E-state index contributed by atoms with van der Waals surface area (Å²) < 4.78 is 0. The Balaban J connectivity index is 2.35. The van der Waals surface area contributed by atoms with Crippen LogP contribution in [0.3, 0.4) is 0 Å². The highest BCUT2D eigenvalue weighted by molar-refractivity contribution is 5.74. The lowest BCUT2D eigenvalue weighted by Gasteiger charge is -2.52. The van der Waals surface area contributed by atoms with E-state index in [0.29, 0.717) is 18.1 Å². The molecule has 3 heteroatoms. The first-order valence-electron chi connectivity index (χ1n) is 7.09. The molecule has 2 saturated heterocycles. The minimum absolute atomic E-state index is 0.181. The summed E-state index contributed by atoms with van der Waals surface area (Å²) in [6.07, 6.45) is 1.15. The average Bonchev–Trinajstić information content (AvgIpc) is 2.69. The molecule has 2 fully saturated rings. The Hall–Kier alpha value is -0.570. The molecule has 0 aromatic heterocycles. The molecule has 3 atom stereocenters. The summed E-state index contributed by atoms with van der Waals surface area (Å²) in [6, 6.07) is 1.43. The van der Waals surface area contributed by atoms with Gasteiger partial charge in [-0.05, 0) is 32.6 Å². The van der Waals surface area contributed by atoms with Crippen molar-refractivity contribution >= 4 is 5.91 Å². The summed E-state index contributed by atoms with van der Waals surface area (Å²) in [7, 11) is 0. The van der Waals surface area contributed by atoms with E-state index in [-0.39, 0.29) is 16.9 Å². The number of rotatable bonds is 0. The van der Waals surface area contributed by atoms with Crippen molar-refractivity contribution in [1.82, 2.24) is 9.80 Å². The summed E-state index contributed by atoms with van der Waals surface area (Å²) in [4.78, 5) is 16.5. The van der Waals surface area contributed by atoms with Crippen molar-refractivity contribution < 1.29 is 4.79 Å². The molecule has 2 rings (SSSR count). The number of hydrogen-bond acceptors (Lipinski definition) is 2. The predicted octanol–water partition coefficient (Wildman–Crippen LogP) is 2.50.